The molecule has 1 aromatic carbocycles. The Morgan fingerprint density at radius 3 is 2.82 bits per heavy atom. The quantitative estimate of drug-likeness (QED) is 0.837. The molecule has 3 rings (SSSR count). The van der Waals surface area contributed by atoms with Crippen LogP contribution in [-0.2, 0) is 0 Å². The van der Waals surface area contributed by atoms with E-state index in [4.69, 9.17) is 5.73 Å². The molecule has 17 heavy (non-hydrogen) atoms. The fourth-order valence-electron chi connectivity index (χ4n) is 2.19. The number of nitrogens with two attached hydrogens (primary N) is 1. The summed E-state index contributed by atoms with van der Waals surface area (Å²) in [5.41, 5.74) is 8.00. The maximum atomic E-state index is 5.97. The molecule has 0 bridgehead atoms. The standard InChI is InChI=1S/C13H15N3S/c14-13-9-15-8-10-1-2-11(7-12(10)13)16-3-5-17-6-4-16/h1-2,7-9H,3-6,14H2. The van der Waals surface area contributed by atoms with Gasteiger partial charge < -0.3 is 10.6 Å². The molecule has 1 saturated heterocycles. The fraction of sp³-hybridized carbons (Fsp3) is 0.308. The molecular weight excluding hydrogens is 230 g/mol. The highest BCUT2D eigenvalue weighted by Crippen LogP contribution is 2.26. The van der Waals surface area contributed by atoms with E-state index in [9.17, 15) is 0 Å². The molecular formula is C13H15N3S. The molecule has 0 saturated carbocycles. The molecule has 4 heteroatoms. The van der Waals surface area contributed by atoms with Gasteiger partial charge in [-0.3, -0.25) is 4.98 Å². The van der Waals surface area contributed by atoms with Gasteiger partial charge in [0, 0.05) is 47.3 Å². The Morgan fingerprint density at radius 1 is 1.18 bits per heavy atom. The van der Waals surface area contributed by atoms with Crippen molar-refractivity contribution in [3.63, 3.8) is 0 Å². The lowest BCUT2D eigenvalue weighted by Crippen LogP contribution is -2.32. The van der Waals surface area contributed by atoms with Crippen molar-refractivity contribution < 1.29 is 0 Å². The van der Waals surface area contributed by atoms with Gasteiger partial charge in [-0.05, 0) is 12.1 Å². The molecule has 0 radical (unpaired) electrons. The van der Waals surface area contributed by atoms with Gasteiger partial charge in [0.15, 0.2) is 0 Å². The second-order valence-electron chi connectivity index (χ2n) is 4.23. The SMILES string of the molecule is Nc1cncc2ccc(N3CCSCC3)cc12. The minimum atomic E-state index is 0.760. The molecule has 1 aliphatic rings. The smallest absolute Gasteiger partial charge is 0.0581 e. The van der Waals surface area contributed by atoms with Crippen molar-refractivity contribution in [2.45, 2.75) is 0 Å². The van der Waals surface area contributed by atoms with E-state index in [0.29, 0.717) is 0 Å². The first-order valence-corrected chi connectivity index (χ1v) is 6.96. The van der Waals surface area contributed by atoms with Crippen LogP contribution in [0, 0.1) is 0 Å². The number of nitrogens with zero attached hydrogens (tertiary/aromatic N) is 2. The van der Waals surface area contributed by atoms with Gasteiger partial charge in [0.25, 0.3) is 0 Å². The van der Waals surface area contributed by atoms with Crippen LogP contribution in [0.4, 0.5) is 11.4 Å². The van der Waals surface area contributed by atoms with E-state index in [-0.39, 0.29) is 0 Å². The lowest BCUT2D eigenvalue weighted by atomic mass is 10.1. The van der Waals surface area contributed by atoms with Crippen LogP contribution >= 0.6 is 11.8 Å². The lowest BCUT2D eigenvalue weighted by molar-refractivity contribution is 0.860. The molecule has 2 aromatic rings. The maximum absolute atomic E-state index is 5.97. The Labute approximate surface area is 105 Å². The van der Waals surface area contributed by atoms with Crippen molar-refractivity contribution in [3.8, 4) is 0 Å². The minimum Gasteiger partial charge on any atom is -0.397 e. The zero-order valence-electron chi connectivity index (χ0n) is 9.60. The zero-order valence-corrected chi connectivity index (χ0v) is 10.4. The monoisotopic (exact) mass is 245 g/mol. The van der Waals surface area contributed by atoms with E-state index in [1.54, 1.807) is 6.20 Å². The predicted molar refractivity (Wildman–Crippen MR) is 75.7 cm³/mol. The van der Waals surface area contributed by atoms with Crippen LogP contribution in [0.5, 0.6) is 0 Å². The summed E-state index contributed by atoms with van der Waals surface area (Å²) in [5, 5.41) is 2.22. The summed E-state index contributed by atoms with van der Waals surface area (Å²) in [4.78, 5) is 6.54. The summed E-state index contributed by atoms with van der Waals surface area (Å²) in [6.07, 6.45) is 3.58. The first-order chi connectivity index (χ1) is 8.34. The second-order valence-corrected chi connectivity index (χ2v) is 5.46. The van der Waals surface area contributed by atoms with Gasteiger partial charge in [-0.25, -0.2) is 0 Å². The molecule has 0 aliphatic carbocycles. The summed E-state index contributed by atoms with van der Waals surface area (Å²) in [5.74, 6) is 2.42. The van der Waals surface area contributed by atoms with E-state index in [0.717, 1.165) is 29.5 Å². The molecule has 0 amide bonds. The average molecular weight is 245 g/mol. The molecule has 2 heterocycles. The van der Waals surface area contributed by atoms with E-state index in [2.05, 4.69) is 28.1 Å². The number of fused-ring (bicyclic) bond motifs is 1. The molecule has 1 fully saturated rings. The molecule has 3 nitrogen and oxygen atoms in total. The summed E-state index contributed by atoms with van der Waals surface area (Å²) < 4.78 is 0. The average Bonchev–Trinajstić information content (AvgIpc) is 2.40. The molecule has 88 valence electrons. The third-order valence-corrected chi connectivity index (χ3v) is 4.09. The summed E-state index contributed by atoms with van der Waals surface area (Å²) >= 11 is 2.02. The third-order valence-electron chi connectivity index (χ3n) is 3.15. The number of hydrogen-bond donors (Lipinski definition) is 1. The van der Waals surface area contributed by atoms with Gasteiger partial charge in [0.2, 0.25) is 0 Å². The van der Waals surface area contributed by atoms with E-state index in [1.807, 2.05) is 18.0 Å². The third kappa shape index (κ3) is 2.05. The van der Waals surface area contributed by atoms with Crippen LogP contribution < -0.4 is 10.6 Å². The highest BCUT2D eigenvalue weighted by Gasteiger charge is 2.11. The summed E-state index contributed by atoms with van der Waals surface area (Å²) in [6.45, 7) is 2.25. The summed E-state index contributed by atoms with van der Waals surface area (Å²) in [6, 6.07) is 6.46. The van der Waals surface area contributed by atoms with Crippen LogP contribution in [0.2, 0.25) is 0 Å². The van der Waals surface area contributed by atoms with Crippen molar-refractivity contribution >= 4 is 33.9 Å². The first kappa shape index (κ1) is 10.7. The summed E-state index contributed by atoms with van der Waals surface area (Å²) in [7, 11) is 0. The normalized spacial score (nSPS) is 16.4. The van der Waals surface area contributed by atoms with Gasteiger partial charge in [-0.15, -0.1) is 0 Å². The number of nitrogen functional groups attached to an aromatic ring is 1. The molecule has 1 aromatic heterocycles. The van der Waals surface area contributed by atoms with Crippen LogP contribution in [0.1, 0.15) is 0 Å². The van der Waals surface area contributed by atoms with Crippen molar-refractivity contribution in [3.05, 3.63) is 30.6 Å². The molecule has 0 atom stereocenters. The van der Waals surface area contributed by atoms with Gasteiger partial charge in [-0.2, -0.15) is 11.8 Å². The van der Waals surface area contributed by atoms with Crippen molar-refractivity contribution in [1.29, 1.82) is 0 Å². The Kier molecular flexibility index (Phi) is 2.81. The Hall–Kier alpha value is -1.42. The number of rotatable bonds is 1. The van der Waals surface area contributed by atoms with Crippen LogP contribution in [0.15, 0.2) is 30.6 Å². The number of pyridine rings is 1. The number of thioether (sulfide) groups is 1. The predicted octanol–water partition coefficient (Wildman–Crippen LogP) is 2.37. The van der Waals surface area contributed by atoms with Crippen LogP contribution in [0.25, 0.3) is 10.8 Å². The van der Waals surface area contributed by atoms with Crippen molar-refractivity contribution in [1.82, 2.24) is 4.98 Å². The maximum Gasteiger partial charge on any atom is 0.0581 e. The number of benzene rings is 1. The van der Waals surface area contributed by atoms with E-state index in [1.165, 1.54) is 17.2 Å². The zero-order chi connectivity index (χ0) is 11.7. The highest BCUT2D eigenvalue weighted by atomic mass is 32.2. The molecule has 0 unspecified atom stereocenters. The van der Waals surface area contributed by atoms with Crippen molar-refractivity contribution in [2.24, 2.45) is 0 Å². The molecule has 1 aliphatic heterocycles. The fourth-order valence-corrected chi connectivity index (χ4v) is 3.10. The minimum absolute atomic E-state index is 0.760. The Morgan fingerprint density at radius 2 is 2.00 bits per heavy atom. The Balaban J connectivity index is 2.03. The second kappa shape index (κ2) is 4.45. The van der Waals surface area contributed by atoms with Gasteiger partial charge in [0.05, 0.1) is 11.9 Å². The van der Waals surface area contributed by atoms with Gasteiger partial charge >= 0.3 is 0 Å². The first-order valence-electron chi connectivity index (χ1n) is 5.80. The number of anilines is 2. The van der Waals surface area contributed by atoms with Crippen LogP contribution in [0.3, 0.4) is 0 Å². The number of aromatic nitrogens is 1. The topological polar surface area (TPSA) is 42.1 Å². The van der Waals surface area contributed by atoms with E-state index < -0.39 is 0 Å². The van der Waals surface area contributed by atoms with Gasteiger partial charge in [-0.1, -0.05) is 6.07 Å². The Bertz CT molecular complexity index is 535. The highest BCUT2D eigenvalue weighted by molar-refractivity contribution is 7.99. The number of hydrogen-bond acceptors (Lipinski definition) is 4. The lowest BCUT2D eigenvalue weighted by Gasteiger charge is -2.28. The van der Waals surface area contributed by atoms with Crippen molar-refractivity contribution in [2.75, 3.05) is 35.2 Å². The molecule has 2 N–H and O–H groups in total. The van der Waals surface area contributed by atoms with E-state index >= 15 is 0 Å². The molecule has 0 spiro atoms. The largest absolute Gasteiger partial charge is 0.397 e. The van der Waals surface area contributed by atoms with Crippen LogP contribution in [-0.4, -0.2) is 29.6 Å². The van der Waals surface area contributed by atoms with Gasteiger partial charge in [0.1, 0.15) is 0 Å².